The smallest absolute Gasteiger partial charge is 0.328 e. The first-order valence-electron chi connectivity index (χ1n) is 10.7. The molecule has 0 spiro atoms. The van der Waals surface area contributed by atoms with E-state index in [-0.39, 0.29) is 17.5 Å². The average Bonchev–Trinajstić information content (AvgIpc) is 3.37. The van der Waals surface area contributed by atoms with E-state index >= 15 is 0 Å². The molecular formula is C24H25FN2O7. The van der Waals surface area contributed by atoms with Crippen LogP contribution in [-0.4, -0.2) is 69.8 Å². The number of ketones is 1. The second kappa shape index (κ2) is 11.4. The molecule has 1 fully saturated rings. The van der Waals surface area contributed by atoms with Crippen LogP contribution >= 0.6 is 0 Å². The standard InChI is InChI=1S/C20H21FN2O3.C4H4O4/c21-17-3-1-15(2-4-17)18(24)13-22-8-5-14(6-9-22)11-23-12-16-7-10-26-19(16)20(23)25;5-3(6)1-2-4(7)8/h1-4,7,10,14H,5-6,8-9,11-13H2;1-2H,(H,5,6)(H,7,8)/b;2-1+. The summed E-state index contributed by atoms with van der Waals surface area (Å²) in [6.07, 6.45) is 4.60. The third kappa shape index (κ3) is 6.85. The number of furan rings is 1. The van der Waals surface area contributed by atoms with Gasteiger partial charge in [0.05, 0.1) is 19.4 Å². The second-order valence-corrected chi connectivity index (χ2v) is 8.12. The molecule has 0 aliphatic carbocycles. The Morgan fingerprint density at radius 1 is 1.03 bits per heavy atom. The lowest BCUT2D eigenvalue weighted by Gasteiger charge is -2.33. The van der Waals surface area contributed by atoms with Crippen LogP contribution in [0.25, 0.3) is 0 Å². The molecule has 2 aromatic rings. The maximum atomic E-state index is 13.0. The van der Waals surface area contributed by atoms with Crippen LogP contribution in [0.3, 0.4) is 0 Å². The number of piperidine rings is 1. The molecule has 0 saturated carbocycles. The first-order valence-corrected chi connectivity index (χ1v) is 10.7. The molecule has 0 unspecified atom stereocenters. The SMILES string of the molecule is O=C(CN1CCC(CN2Cc3ccoc3C2=O)CC1)c1ccc(F)cc1.O=C(O)/C=C/C(=O)O. The minimum atomic E-state index is -1.26. The summed E-state index contributed by atoms with van der Waals surface area (Å²) in [5, 5.41) is 15.6. The largest absolute Gasteiger partial charge is 0.478 e. The van der Waals surface area contributed by atoms with Gasteiger partial charge in [-0.25, -0.2) is 14.0 Å². The summed E-state index contributed by atoms with van der Waals surface area (Å²) < 4.78 is 18.2. The van der Waals surface area contributed by atoms with Crippen LogP contribution in [0, 0.1) is 11.7 Å². The highest BCUT2D eigenvalue weighted by molar-refractivity contribution is 5.97. The molecule has 34 heavy (non-hydrogen) atoms. The van der Waals surface area contributed by atoms with E-state index in [1.54, 1.807) is 6.26 Å². The van der Waals surface area contributed by atoms with Gasteiger partial charge in [-0.05, 0) is 62.2 Å². The van der Waals surface area contributed by atoms with E-state index in [1.807, 2.05) is 11.0 Å². The number of carboxylic acids is 2. The predicted molar refractivity (Wildman–Crippen MR) is 118 cm³/mol. The Morgan fingerprint density at radius 3 is 2.21 bits per heavy atom. The molecule has 10 heteroatoms. The molecule has 1 saturated heterocycles. The average molecular weight is 472 g/mol. The lowest BCUT2D eigenvalue weighted by molar-refractivity contribution is -0.134. The first kappa shape index (κ1) is 24.8. The van der Waals surface area contributed by atoms with E-state index in [4.69, 9.17) is 14.6 Å². The van der Waals surface area contributed by atoms with Gasteiger partial charge in [-0.1, -0.05) is 0 Å². The highest BCUT2D eigenvalue weighted by Gasteiger charge is 2.33. The van der Waals surface area contributed by atoms with Gasteiger partial charge in [0.1, 0.15) is 5.82 Å². The van der Waals surface area contributed by atoms with Crippen LogP contribution in [0.15, 0.2) is 53.2 Å². The van der Waals surface area contributed by atoms with Gasteiger partial charge in [0.2, 0.25) is 0 Å². The van der Waals surface area contributed by atoms with Gasteiger partial charge in [-0.3, -0.25) is 14.5 Å². The number of amides is 1. The van der Waals surface area contributed by atoms with Crippen LogP contribution in [0.1, 0.15) is 39.3 Å². The predicted octanol–water partition coefficient (Wildman–Crippen LogP) is 2.68. The van der Waals surface area contributed by atoms with Crippen molar-refractivity contribution in [1.29, 1.82) is 0 Å². The molecule has 0 atom stereocenters. The van der Waals surface area contributed by atoms with Gasteiger partial charge < -0.3 is 19.5 Å². The first-order chi connectivity index (χ1) is 16.2. The Labute approximate surface area is 195 Å². The summed E-state index contributed by atoms with van der Waals surface area (Å²) >= 11 is 0. The number of carbonyl (C=O) groups is 4. The number of rotatable bonds is 7. The highest BCUT2D eigenvalue weighted by Crippen LogP contribution is 2.27. The molecule has 1 aromatic carbocycles. The molecule has 1 aromatic heterocycles. The Kier molecular flexibility index (Phi) is 8.31. The lowest BCUT2D eigenvalue weighted by Crippen LogP contribution is -2.41. The van der Waals surface area contributed by atoms with Crippen LogP contribution in [0.2, 0.25) is 0 Å². The number of aliphatic carboxylic acids is 2. The van der Waals surface area contributed by atoms with Gasteiger partial charge in [-0.2, -0.15) is 0 Å². The van der Waals surface area contributed by atoms with Crippen molar-refractivity contribution in [3.05, 3.63) is 71.5 Å². The summed E-state index contributed by atoms with van der Waals surface area (Å²) in [5.41, 5.74) is 1.52. The van der Waals surface area contributed by atoms with Crippen LogP contribution in [0.5, 0.6) is 0 Å². The fourth-order valence-corrected chi connectivity index (χ4v) is 3.93. The fourth-order valence-electron chi connectivity index (χ4n) is 3.93. The van der Waals surface area contributed by atoms with E-state index in [0.717, 1.165) is 38.0 Å². The van der Waals surface area contributed by atoms with Gasteiger partial charge in [0.15, 0.2) is 11.5 Å². The van der Waals surface area contributed by atoms with Crippen molar-refractivity contribution < 1.29 is 38.2 Å². The van der Waals surface area contributed by atoms with Gasteiger partial charge in [0, 0.05) is 29.8 Å². The number of Topliss-reactive ketones (excluding diaryl/α,β-unsaturated/α-hetero) is 1. The summed E-state index contributed by atoms with van der Waals surface area (Å²) in [6, 6.07) is 7.56. The number of nitrogens with zero attached hydrogens (tertiary/aromatic N) is 2. The van der Waals surface area contributed by atoms with E-state index in [9.17, 15) is 23.6 Å². The molecule has 2 aliphatic rings. The summed E-state index contributed by atoms with van der Waals surface area (Å²) in [4.78, 5) is 47.7. The van der Waals surface area contributed by atoms with E-state index in [2.05, 4.69) is 4.90 Å². The summed E-state index contributed by atoms with van der Waals surface area (Å²) in [6.45, 7) is 3.40. The Bertz CT molecular complexity index is 1050. The van der Waals surface area contributed by atoms with Crippen molar-refractivity contribution in [3.8, 4) is 0 Å². The van der Waals surface area contributed by atoms with Crippen molar-refractivity contribution in [2.75, 3.05) is 26.2 Å². The zero-order valence-corrected chi connectivity index (χ0v) is 18.4. The number of likely N-dealkylation sites (tertiary alicyclic amines) is 1. The molecule has 1 amide bonds. The number of carboxylic acid groups (broad SMARTS) is 2. The van der Waals surface area contributed by atoms with Crippen molar-refractivity contribution in [1.82, 2.24) is 9.80 Å². The van der Waals surface area contributed by atoms with Gasteiger partial charge in [0.25, 0.3) is 5.91 Å². The number of halogens is 1. The Balaban J connectivity index is 0.000000350. The zero-order chi connectivity index (χ0) is 24.7. The molecule has 180 valence electrons. The van der Waals surface area contributed by atoms with Crippen molar-refractivity contribution in [2.24, 2.45) is 5.92 Å². The molecule has 2 aliphatic heterocycles. The van der Waals surface area contributed by atoms with Crippen molar-refractivity contribution in [2.45, 2.75) is 19.4 Å². The number of benzene rings is 1. The molecular weight excluding hydrogens is 447 g/mol. The topological polar surface area (TPSA) is 128 Å². The van der Waals surface area contributed by atoms with Gasteiger partial charge in [-0.15, -0.1) is 0 Å². The minimum Gasteiger partial charge on any atom is -0.478 e. The number of hydrogen-bond donors (Lipinski definition) is 2. The number of hydrogen-bond acceptors (Lipinski definition) is 6. The molecule has 9 nitrogen and oxygen atoms in total. The van der Waals surface area contributed by atoms with Crippen LogP contribution in [0.4, 0.5) is 4.39 Å². The lowest BCUT2D eigenvalue weighted by atomic mass is 9.95. The third-order valence-electron chi connectivity index (χ3n) is 5.68. The molecule has 3 heterocycles. The maximum Gasteiger partial charge on any atom is 0.328 e. The second-order valence-electron chi connectivity index (χ2n) is 8.12. The number of fused-ring (bicyclic) bond motifs is 1. The zero-order valence-electron chi connectivity index (χ0n) is 18.4. The maximum absolute atomic E-state index is 13.0. The highest BCUT2D eigenvalue weighted by atomic mass is 19.1. The Hall–Kier alpha value is -3.79. The fraction of sp³-hybridized carbons (Fsp3) is 0.333. The van der Waals surface area contributed by atoms with Crippen molar-refractivity contribution in [3.63, 3.8) is 0 Å². The normalized spacial score (nSPS) is 16.3. The molecule has 4 rings (SSSR count). The molecule has 2 N–H and O–H groups in total. The quantitative estimate of drug-likeness (QED) is 0.465. The van der Waals surface area contributed by atoms with Crippen molar-refractivity contribution >= 4 is 23.6 Å². The van der Waals surface area contributed by atoms with E-state index in [0.29, 0.717) is 42.5 Å². The van der Waals surface area contributed by atoms with Gasteiger partial charge >= 0.3 is 11.9 Å². The minimum absolute atomic E-state index is 0.0149. The summed E-state index contributed by atoms with van der Waals surface area (Å²) in [5.74, 6) is -1.92. The van der Waals surface area contributed by atoms with E-state index in [1.165, 1.54) is 24.3 Å². The summed E-state index contributed by atoms with van der Waals surface area (Å²) in [7, 11) is 0. The Morgan fingerprint density at radius 2 is 1.65 bits per heavy atom. The van der Waals surface area contributed by atoms with Crippen LogP contribution in [-0.2, 0) is 16.1 Å². The third-order valence-corrected chi connectivity index (χ3v) is 5.68. The molecule has 0 radical (unpaired) electrons. The molecule has 0 bridgehead atoms. The van der Waals surface area contributed by atoms with E-state index < -0.39 is 11.9 Å². The monoisotopic (exact) mass is 472 g/mol. The number of carbonyl (C=O) groups excluding carboxylic acids is 2. The van der Waals surface area contributed by atoms with Crippen LogP contribution < -0.4 is 0 Å².